The predicted octanol–water partition coefficient (Wildman–Crippen LogP) is 4.11. The number of ether oxygens (including phenoxy) is 1. The van der Waals surface area contributed by atoms with Gasteiger partial charge in [-0.25, -0.2) is 4.79 Å². The van der Waals surface area contributed by atoms with Crippen molar-refractivity contribution in [2.75, 3.05) is 0 Å². The highest BCUT2D eigenvalue weighted by Gasteiger charge is 2.16. The molecule has 0 aliphatic heterocycles. The van der Waals surface area contributed by atoms with Gasteiger partial charge in [-0.05, 0) is 55.3 Å². The molecule has 0 heterocycles. The Labute approximate surface area is 112 Å². The van der Waals surface area contributed by atoms with Gasteiger partial charge in [0.15, 0.2) is 0 Å². The van der Waals surface area contributed by atoms with E-state index < -0.39 is 5.97 Å². The second-order valence-electron chi connectivity index (χ2n) is 5.24. The first-order valence-electron chi connectivity index (χ1n) is 6.37. The zero-order valence-corrected chi connectivity index (χ0v) is 11.4. The molecule has 0 bridgehead atoms. The molecule has 19 heavy (non-hydrogen) atoms. The molecule has 2 aromatic rings. The molecule has 0 atom stereocenters. The normalized spacial score (nSPS) is 11.5. The summed E-state index contributed by atoms with van der Waals surface area (Å²) in [5.74, 6) is -0.100. The third-order valence-corrected chi connectivity index (χ3v) is 3.30. The number of fused-ring (bicyclic) bond motifs is 1. The molecule has 0 aromatic heterocycles. The fourth-order valence-corrected chi connectivity index (χ4v) is 1.81. The van der Waals surface area contributed by atoms with Crippen LogP contribution in [0, 0.1) is 0 Å². The average Bonchev–Trinajstić information content (AvgIpc) is 2.37. The summed E-state index contributed by atoms with van der Waals surface area (Å²) in [6.45, 7) is 6.18. The van der Waals surface area contributed by atoms with E-state index in [1.807, 2.05) is 38.1 Å². The smallest absolute Gasteiger partial charge is 0.335 e. The Balaban J connectivity index is 2.37. The maximum absolute atomic E-state index is 10.9. The van der Waals surface area contributed by atoms with Crippen LogP contribution in [0.2, 0.25) is 0 Å². The first-order chi connectivity index (χ1) is 8.91. The summed E-state index contributed by atoms with van der Waals surface area (Å²) in [5.41, 5.74) is 0.101. The van der Waals surface area contributed by atoms with Crippen molar-refractivity contribution in [2.45, 2.75) is 32.8 Å². The van der Waals surface area contributed by atoms with Crippen LogP contribution in [0.25, 0.3) is 10.8 Å². The second-order valence-corrected chi connectivity index (χ2v) is 5.24. The molecule has 1 N–H and O–H groups in total. The highest BCUT2D eigenvalue weighted by molar-refractivity contribution is 5.94. The number of hydrogen-bond donors (Lipinski definition) is 1. The van der Waals surface area contributed by atoms with Gasteiger partial charge in [-0.15, -0.1) is 0 Å². The van der Waals surface area contributed by atoms with E-state index in [-0.39, 0.29) is 5.60 Å². The van der Waals surface area contributed by atoms with Crippen molar-refractivity contribution in [1.29, 1.82) is 0 Å². The van der Waals surface area contributed by atoms with Gasteiger partial charge >= 0.3 is 5.97 Å². The number of carboxylic acids is 1. The summed E-state index contributed by atoms with van der Waals surface area (Å²) in [5, 5.41) is 10.8. The van der Waals surface area contributed by atoms with Crippen molar-refractivity contribution in [2.24, 2.45) is 0 Å². The van der Waals surface area contributed by atoms with E-state index in [1.165, 1.54) is 0 Å². The molecule has 2 rings (SSSR count). The van der Waals surface area contributed by atoms with Gasteiger partial charge in [-0.1, -0.05) is 19.1 Å². The van der Waals surface area contributed by atoms with Crippen molar-refractivity contribution < 1.29 is 14.6 Å². The van der Waals surface area contributed by atoms with Gasteiger partial charge in [-0.3, -0.25) is 0 Å². The Kier molecular flexibility index (Phi) is 3.47. The molecule has 3 heteroatoms. The minimum Gasteiger partial charge on any atom is -0.488 e. The number of carboxylic acid groups (broad SMARTS) is 1. The molecule has 2 aromatic carbocycles. The van der Waals surface area contributed by atoms with Crippen molar-refractivity contribution in [3.63, 3.8) is 0 Å². The molecular formula is C16H18O3. The lowest BCUT2D eigenvalue weighted by molar-refractivity contribution is 0.0697. The minimum atomic E-state index is -0.908. The van der Waals surface area contributed by atoms with E-state index in [0.717, 1.165) is 22.9 Å². The summed E-state index contributed by atoms with van der Waals surface area (Å²) >= 11 is 0. The maximum Gasteiger partial charge on any atom is 0.335 e. The first-order valence-corrected chi connectivity index (χ1v) is 6.37. The van der Waals surface area contributed by atoms with E-state index in [2.05, 4.69) is 6.92 Å². The van der Waals surface area contributed by atoms with Crippen molar-refractivity contribution in [3.8, 4) is 5.75 Å². The molecule has 0 amide bonds. The topological polar surface area (TPSA) is 46.5 Å². The molecule has 0 unspecified atom stereocenters. The fraction of sp³-hybridized carbons (Fsp3) is 0.312. The van der Waals surface area contributed by atoms with Gasteiger partial charge in [0.25, 0.3) is 0 Å². The first kappa shape index (κ1) is 13.4. The summed E-state index contributed by atoms with van der Waals surface area (Å²) < 4.78 is 5.92. The van der Waals surface area contributed by atoms with Gasteiger partial charge in [-0.2, -0.15) is 0 Å². The summed E-state index contributed by atoms with van der Waals surface area (Å²) in [6.07, 6.45) is 0.920. The number of aromatic carboxylic acids is 1. The third-order valence-electron chi connectivity index (χ3n) is 3.30. The van der Waals surface area contributed by atoms with Crippen LogP contribution in [0.5, 0.6) is 5.75 Å². The lowest BCUT2D eigenvalue weighted by Crippen LogP contribution is -2.26. The van der Waals surface area contributed by atoms with Gasteiger partial charge in [0.05, 0.1) is 5.56 Å². The van der Waals surface area contributed by atoms with E-state index in [9.17, 15) is 4.79 Å². The lowest BCUT2D eigenvalue weighted by atomic mass is 10.1. The summed E-state index contributed by atoms with van der Waals surface area (Å²) in [6, 6.07) is 10.8. The summed E-state index contributed by atoms with van der Waals surface area (Å²) in [4.78, 5) is 10.9. The molecule has 0 aliphatic rings. The third kappa shape index (κ3) is 3.05. The number of benzene rings is 2. The quantitative estimate of drug-likeness (QED) is 0.897. The zero-order chi connectivity index (χ0) is 14.0. The Hall–Kier alpha value is -2.03. The predicted molar refractivity (Wildman–Crippen MR) is 75.9 cm³/mol. The Morgan fingerprint density at radius 1 is 1.16 bits per heavy atom. The molecule has 100 valence electrons. The Morgan fingerprint density at radius 3 is 2.42 bits per heavy atom. The monoisotopic (exact) mass is 258 g/mol. The number of carbonyl (C=O) groups is 1. The molecule has 0 aliphatic carbocycles. The molecule has 3 nitrogen and oxygen atoms in total. The highest BCUT2D eigenvalue weighted by Crippen LogP contribution is 2.26. The van der Waals surface area contributed by atoms with Gasteiger partial charge < -0.3 is 9.84 Å². The molecule has 0 saturated carbocycles. The molecular weight excluding hydrogens is 240 g/mol. The van der Waals surface area contributed by atoms with Gasteiger partial charge in [0.2, 0.25) is 0 Å². The molecule has 0 fully saturated rings. The van der Waals surface area contributed by atoms with Gasteiger partial charge in [0.1, 0.15) is 11.4 Å². The lowest BCUT2D eigenvalue weighted by Gasteiger charge is -2.25. The van der Waals surface area contributed by atoms with Crippen LogP contribution in [0.3, 0.4) is 0 Å². The fourth-order valence-electron chi connectivity index (χ4n) is 1.81. The SMILES string of the molecule is CCC(C)(C)Oc1ccc2cc(C(=O)O)ccc2c1. The van der Waals surface area contributed by atoms with E-state index in [1.54, 1.807) is 12.1 Å². The van der Waals surface area contributed by atoms with Crippen LogP contribution in [-0.4, -0.2) is 16.7 Å². The molecule has 0 radical (unpaired) electrons. The van der Waals surface area contributed by atoms with E-state index >= 15 is 0 Å². The van der Waals surface area contributed by atoms with Crippen molar-refractivity contribution >= 4 is 16.7 Å². The van der Waals surface area contributed by atoms with Crippen molar-refractivity contribution in [3.05, 3.63) is 42.0 Å². The number of rotatable bonds is 4. The van der Waals surface area contributed by atoms with Crippen LogP contribution < -0.4 is 4.74 Å². The Bertz CT molecular complexity index is 614. The summed E-state index contributed by atoms with van der Waals surface area (Å²) in [7, 11) is 0. The van der Waals surface area contributed by atoms with E-state index in [0.29, 0.717) is 5.56 Å². The average molecular weight is 258 g/mol. The van der Waals surface area contributed by atoms with Gasteiger partial charge in [0, 0.05) is 0 Å². The molecule has 0 spiro atoms. The Morgan fingerprint density at radius 2 is 1.79 bits per heavy atom. The van der Waals surface area contributed by atoms with Crippen LogP contribution in [0.4, 0.5) is 0 Å². The minimum absolute atomic E-state index is 0.200. The van der Waals surface area contributed by atoms with Crippen molar-refractivity contribution in [1.82, 2.24) is 0 Å². The largest absolute Gasteiger partial charge is 0.488 e. The second kappa shape index (κ2) is 4.92. The van der Waals surface area contributed by atoms with Crippen LogP contribution >= 0.6 is 0 Å². The number of hydrogen-bond acceptors (Lipinski definition) is 2. The highest BCUT2D eigenvalue weighted by atomic mass is 16.5. The molecule has 0 saturated heterocycles. The van der Waals surface area contributed by atoms with Crippen LogP contribution in [0.1, 0.15) is 37.6 Å². The van der Waals surface area contributed by atoms with Crippen LogP contribution in [-0.2, 0) is 0 Å². The maximum atomic E-state index is 10.9. The zero-order valence-electron chi connectivity index (χ0n) is 11.4. The standard InChI is InChI=1S/C16H18O3/c1-4-16(2,3)19-14-8-7-11-9-13(15(17)18)6-5-12(11)10-14/h5-10H,4H2,1-3H3,(H,17,18). The van der Waals surface area contributed by atoms with Crippen LogP contribution in [0.15, 0.2) is 36.4 Å². The van der Waals surface area contributed by atoms with E-state index in [4.69, 9.17) is 9.84 Å².